The molecule has 1 aromatic rings. The van der Waals surface area contributed by atoms with E-state index in [2.05, 4.69) is 10.5 Å². The first-order valence-corrected chi connectivity index (χ1v) is 4.32. The van der Waals surface area contributed by atoms with Gasteiger partial charge in [-0.2, -0.15) is 0 Å². The summed E-state index contributed by atoms with van der Waals surface area (Å²) in [6.07, 6.45) is 0. The summed E-state index contributed by atoms with van der Waals surface area (Å²) in [7, 11) is 0. The average molecular weight is 212 g/mol. The van der Waals surface area contributed by atoms with Gasteiger partial charge in [-0.05, 0) is 20.8 Å². The van der Waals surface area contributed by atoms with Crippen molar-refractivity contribution in [3.8, 4) is 0 Å². The zero-order chi connectivity index (χ0) is 11.6. The molecule has 82 valence electrons. The maximum Gasteiger partial charge on any atom is 0.318 e. The molecule has 0 fully saturated rings. The molecule has 2 N–H and O–H groups in total. The Morgan fingerprint density at radius 2 is 2.13 bits per heavy atom. The van der Waals surface area contributed by atoms with Gasteiger partial charge in [0.25, 0.3) is 0 Å². The van der Waals surface area contributed by atoms with Crippen molar-refractivity contribution in [2.75, 3.05) is 5.32 Å². The highest BCUT2D eigenvalue weighted by Crippen LogP contribution is 2.18. The van der Waals surface area contributed by atoms with Crippen molar-refractivity contribution in [2.24, 2.45) is 5.41 Å². The lowest BCUT2D eigenvalue weighted by Crippen LogP contribution is -2.37. The first-order chi connectivity index (χ1) is 6.84. The van der Waals surface area contributed by atoms with E-state index in [9.17, 15) is 9.59 Å². The van der Waals surface area contributed by atoms with Crippen molar-refractivity contribution < 1.29 is 19.2 Å². The van der Waals surface area contributed by atoms with E-state index in [0.29, 0.717) is 5.76 Å². The number of hydrogen-bond donors (Lipinski definition) is 2. The highest BCUT2D eigenvalue weighted by atomic mass is 16.5. The predicted molar refractivity (Wildman–Crippen MR) is 51.3 cm³/mol. The Bertz CT molecular complexity index is 395. The summed E-state index contributed by atoms with van der Waals surface area (Å²) in [6, 6.07) is 1.51. The number of carboxylic acid groups (broad SMARTS) is 1. The van der Waals surface area contributed by atoms with E-state index in [0.717, 1.165) is 0 Å². The molecular formula is C9H12N2O4. The molecule has 0 aromatic carbocycles. The fourth-order valence-electron chi connectivity index (χ4n) is 0.795. The third-order valence-corrected chi connectivity index (χ3v) is 1.97. The lowest BCUT2D eigenvalue weighted by Gasteiger charge is -2.16. The van der Waals surface area contributed by atoms with Crippen LogP contribution >= 0.6 is 0 Å². The van der Waals surface area contributed by atoms with Gasteiger partial charge in [0.2, 0.25) is 5.91 Å². The molecule has 0 unspecified atom stereocenters. The number of aliphatic carboxylic acids is 1. The Balaban J connectivity index is 2.76. The Morgan fingerprint density at radius 3 is 2.53 bits per heavy atom. The van der Waals surface area contributed by atoms with Gasteiger partial charge in [-0.25, -0.2) is 0 Å². The van der Waals surface area contributed by atoms with Crippen LogP contribution in [0.15, 0.2) is 10.6 Å². The fraction of sp³-hybridized carbons (Fsp3) is 0.444. The third kappa shape index (κ3) is 2.34. The maximum atomic E-state index is 11.5. The SMILES string of the molecule is Cc1cc(NC(=O)C(C)(C)C(=O)O)no1. The van der Waals surface area contributed by atoms with Gasteiger partial charge in [0.1, 0.15) is 11.2 Å². The summed E-state index contributed by atoms with van der Waals surface area (Å²) in [5, 5.41) is 14.7. The van der Waals surface area contributed by atoms with E-state index in [1.165, 1.54) is 19.9 Å². The quantitative estimate of drug-likeness (QED) is 0.730. The highest BCUT2D eigenvalue weighted by Gasteiger charge is 2.36. The summed E-state index contributed by atoms with van der Waals surface area (Å²) in [6.45, 7) is 4.31. The smallest absolute Gasteiger partial charge is 0.318 e. The second-order valence-corrected chi connectivity index (χ2v) is 3.71. The van der Waals surface area contributed by atoms with E-state index in [-0.39, 0.29) is 5.82 Å². The van der Waals surface area contributed by atoms with Gasteiger partial charge in [-0.15, -0.1) is 0 Å². The minimum atomic E-state index is -1.49. The molecule has 0 saturated carbocycles. The van der Waals surface area contributed by atoms with Crippen LogP contribution in [0.3, 0.4) is 0 Å². The summed E-state index contributed by atoms with van der Waals surface area (Å²) in [5.74, 6) is -1.08. The molecule has 0 bridgehead atoms. The lowest BCUT2D eigenvalue weighted by atomic mass is 9.93. The van der Waals surface area contributed by atoms with Gasteiger partial charge in [0.15, 0.2) is 5.82 Å². The zero-order valence-electron chi connectivity index (χ0n) is 8.70. The van der Waals surface area contributed by atoms with E-state index in [1.54, 1.807) is 6.92 Å². The van der Waals surface area contributed by atoms with Gasteiger partial charge in [0.05, 0.1) is 0 Å². The molecule has 0 aliphatic rings. The van der Waals surface area contributed by atoms with E-state index in [1.807, 2.05) is 0 Å². The first kappa shape index (κ1) is 11.2. The van der Waals surface area contributed by atoms with Gasteiger partial charge >= 0.3 is 5.97 Å². The molecule has 1 aromatic heterocycles. The van der Waals surface area contributed by atoms with Crippen LogP contribution in [0.4, 0.5) is 5.82 Å². The standard InChI is InChI=1S/C9H12N2O4/c1-5-4-6(11-15-5)10-7(12)9(2,3)8(13)14/h4H,1-3H3,(H,13,14)(H,10,11,12). The van der Waals surface area contributed by atoms with Gasteiger partial charge in [-0.1, -0.05) is 5.16 Å². The summed E-state index contributed by atoms with van der Waals surface area (Å²) in [5.41, 5.74) is -1.49. The normalized spacial score (nSPS) is 11.1. The number of carbonyl (C=O) groups is 2. The molecule has 6 heteroatoms. The molecule has 1 amide bonds. The van der Waals surface area contributed by atoms with Gasteiger partial charge in [0, 0.05) is 6.07 Å². The minimum Gasteiger partial charge on any atom is -0.480 e. The average Bonchev–Trinajstić information content (AvgIpc) is 2.50. The number of nitrogens with one attached hydrogen (secondary N) is 1. The second kappa shape index (κ2) is 3.72. The van der Waals surface area contributed by atoms with E-state index in [4.69, 9.17) is 9.63 Å². The predicted octanol–water partition coefficient (Wildman–Crippen LogP) is 1.03. The highest BCUT2D eigenvalue weighted by molar-refractivity contribution is 6.07. The van der Waals surface area contributed by atoms with E-state index >= 15 is 0 Å². The Morgan fingerprint density at radius 1 is 1.53 bits per heavy atom. The van der Waals surface area contributed by atoms with Crippen molar-refractivity contribution >= 4 is 17.7 Å². The number of rotatable bonds is 3. The topological polar surface area (TPSA) is 92.4 Å². The number of carbonyl (C=O) groups excluding carboxylic acids is 1. The van der Waals surface area contributed by atoms with Crippen LogP contribution in [-0.4, -0.2) is 22.1 Å². The van der Waals surface area contributed by atoms with Crippen LogP contribution in [0.1, 0.15) is 19.6 Å². The number of nitrogens with zero attached hydrogens (tertiary/aromatic N) is 1. The van der Waals surface area contributed by atoms with Crippen LogP contribution in [0.2, 0.25) is 0 Å². The number of carboxylic acids is 1. The molecule has 6 nitrogen and oxygen atoms in total. The number of aromatic nitrogens is 1. The lowest BCUT2D eigenvalue weighted by molar-refractivity contribution is -0.151. The van der Waals surface area contributed by atoms with Crippen LogP contribution in [0.25, 0.3) is 0 Å². The fourth-order valence-corrected chi connectivity index (χ4v) is 0.795. The van der Waals surface area contributed by atoms with E-state index < -0.39 is 17.3 Å². The number of anilines is 1. The van der Waals surface area contributed by atoms with Crippen LogP contribution in [0, 0.1) is 12.3 Å². The van der Waals surface area contributed by atoms with Gasteiger partial charge < -0.3 is 14.9 Å². The van der Waals surface area contributed by atoms with Crippen molar-refractivity contribution in [1.29, 1.82) is 0 Å². The van der Waals surface area contributed by atoms with Crippen molar-refractivity contribution in [1.82, 2.24) is 5.16 Å². The summed E-state index contributed by atoms with van der Waals surface area (Å²) in [4.78, 5) is 22.3. The monoisotopic (exact) mass is 212 g/mol. The molecule has 0 atom stereocenters. The Kier molecular flexibility index (Phi) is 2.78. The van der Waals surface area contributed by atoms with Crippen LogP contribution < -0.4 is 5.32 Å². The van der Waals surface area contributed by atoms with Gasteiger partial charge in [-0.3, -0.25) is 9.59 Å². The van der Waals surface area contributed by atoms with Crippen molar-refractivity contribution in [3.05, 3.63) is 11.8 Å². The molecule has 0 radical (unpaired) electrons. The molecule has 1 heterocycles. The summed E-state index contributed by atoms with van der Waals surface area (Å²) < 4.78 is 4.73. The summed E-state index contributed by atoms with van der Waals surface area (Å²) >= 11 is 0. The number of aryl methyl sites for hydroxylation is 1. The van der Waals surface area contributed by atoms with Crippen LogP contribution in [-0.2, 0) is 9.59 Å². The molecule has 0 saturated heterocycles. The molecule has 15 heavy (non-hydrogen) atoms. The number of hydrogen-bond acceptors (Lipinski definition) is 4. The third-order valence-electron chi connectivity index (χ3n) is 1.97. The second-order valence-electron chi connectivity index (χ2n) is 3.71. The van der Waals surface area contributed by atoms with Crippen molar-refractivity contribution in [3.63, 3.8) is 0 Å². The molecular weight excluding hydrogens is 200 g/mol. The molecule has 0 spiro atoms. The molecule has 0 aliphatic carbocycles. The maximum absolute atomic E-state index is 11.5. The Labute approximate surface area is 86.3 Å². The largest absolute Gasteiger partial charge is 0.480 e. The number of amides is 1. The first-order valence-electron chi connectivity index (χ1n) is 4.32. The molecule has 1 rings (SSSR count). The minimum absolute atomic E-state index is 0.215. The molecule has 0 aliphatic heterocycles. The van der Waals surface area contributed by atoms with Crippen molar-refractivity contribution in [2.45, 2.75) is 20.8 Å². The Hall–Kier alpha value is -1.85. The zero-order valence-corrected chi connectivity index (χ0v) is 8.70. The van der Waals surface area contributed by atoms with Crippen LogP contribution in [0.5, 0.6) is 0 Å².